The number of hydrogen-bond acceptors (Lipinski definition) is 3. The molecule has 0 aromatic carbocycles. The second kappa shape index (κ2) is 31.9. The minimum absolute atomic E-state index is 0.363. The van der Waals surface area contributed by atoms with Crippen LogP contribution in [0.3, 0.4) is 0 Å². The maximum atomic E-state index is 8.86. The molecule has 0 amide bonds. The zero-order valence-corrected chi connectivity index (χ0v) is 24.3. The van der Waals surface area contributed by atoms with Crippen molar-refractivity contribution in [1.29, 1.82) is 0 Å². The quantitative estimate of drug-likeness (QED) is 0.0937. The summed E-state index contributed by atoms with van der Waals surface area (Å²) in [5, 5.41) is 17.7. The second-order valence-corrected chi connectivity index (χ2v) is 11.1. The van der Waals surface area contributed by atoms with Crippen LogP contribution in [0.1, 0.15) is 174 Å². The third-order valence-electron chi connectivity index (χ3n) is 7.59. The van der Waals surface area contributed by atoms with Crippen molar-refractivity contribution in [3.8, 4) is 0 Å². The first-order valence-electron chi connectivity index (χ1n) is 16.3. The highest BCUT2D eigenvalue weighted by atomic mass is 16.3. The van der Waals surface area contributed by atoms with Gasteiger partial charge in [-0.1, -0.05) is 142 Å². The standard InChI is InChI=1S/C32H67NO2/c1-2-3-4-5-6-13-18-23-28-33(29-24-19-14-9-7-11-16-21-26-31-34)30-25-20-15-10-8-12-17-22-27-32-35/h34-35H,2-32H2,1H3. The van der Waals surface area contributed by atoms with Crippen LogP contribution in [-0.4, -0.2) is 48.0 Å². The number of unbranched alkanes of at least 4 members (excludes halogenated alkanes) is 23. The number of hydrogen-bond donors (Lipinski definition) is 2. The van der Waals surface area contributed by atoms with Gasteiger partial charge in [-0.15, -0.1) is 0 Å². The lowest BCUT2D eigenvalue weighted by atomic mass is 10.1. The summed E-state index contributed by atoms with van der Waals surface area (Å²) in [6.45, 7) is 6.99. The molecule has 0 saturated carbocycles. The smallest absolute Gasteiger partial charge is 0.0431 e. The van der Waals surface area contributed by atoms with E-state index in [1.54, 1.807) is 0 Å². The Morgan fingerprint density at radius 3 is 0.800 bits per heavy atom. The minimum Gasteiger partial charge on any atom is -0.396 e. The average molecular weight is 498 g/mol. The molecular formula is C32H67NO2. The molecule has 212 valence electrons. The van der Waals surface area contributed by atoms with Crippen molar-refractivity contribution >= 4 is 0 Å². The van der Waals surface area contributed by atoms with Gasteiger partial charge in [-0.2, -0.15) is 0 Å². The van der Waals surface area contributed by atoms with Gasteiger partial charge in [0.25, 0.3) is 0 Å². The molecule has 3 heteroatoms. The van der Waals surface area contributed by atoms with Gasteiger partial charge in [0.1, 0.15) is 0 Å². The highest BCUT2D eigenvalue weighted by molar-refractivity contribution is 4.61. The molecule has 0 fully saturated rings. The zero-order valence-electron chi connectivity index (χ0n) is 24.3. The van der Waals surface area contributed by atoms with Crippen LogP contribution in [0.4, 0.5) is 0 Å². The van der Waals surface area contributed by atoms with E-state index in [0.29, 0.717) is 13.2 Å². The molecule has 0 saturated heterocycles. The van der Waals surface area contributed by atoms with Crippen molar-refractivity contribution in [3.63, 3.8) is 0 Å². The van der Waals surface area contributed by atoms with Crippen LogP contribution < -0.4 is 0 Å². The van der Waals surface area contributed by atoms with Crippen molar-refractivity contribution in [2.75, 3.05) is 32.8 Å². The second-order valence-electron chi connectivity index (χ2n) is 11.1. The summed E-state index contributed by atoms with van der Waals surface area (Å²) in [4.78, 5) is 2.79. The van der Waals surface area contributed by atoms with E-state index in [-0.39, 0.29) is 0 Å². The van der Waals surface area contributed by atoms with Gasteiger partial charge in [0.2, 0.25) is 0 Å². The Morgan fingerprint density at radius 1 is 0.314 bits per heavy atom. The molecule has 0 rings (SSSR count). The first-order chi connectivity index (χ1) is 17.3. The summed E-state index contributed by atoms with van der Waals surface area (Å²) in [5.74, 6) is 0. The highest BCUT2D eigenvalue weighted by Gasteiger charge is 2.05. The van der Waals surface area contributed by atoms with Crippen molar-refractivity contribution in [2.24, 2.45) is 0 Å². The van der Waals surface area contributed by atoms with E-state index in [4.69, 9.17) is 10.2 Å². The SMILES string of the molecule is CCCCCCCCCCN(CCCCCCCCCCCO)CCCCCCCCCCCO. The molecule has 3 nitrogen and oxygen atoms in total. The Hall–Kier alpha value is -0.120. The van der Waals surface area contributed by atoms with Crippen LogP contribution >= 0.6 is 0 Å². The van der Waals surface area contributed by atoms with E-state index < -0.39 is 0 Å². The molecule has 0 heterocycles. The van der Waals surface area contributed by atoms with Crippen LogP contribution in [0.25, 0.3) is 0 Å². The molecular weight excluding hydrogens is 430 g/mol. The first-order valence-corrected chi connectivity index (χ1v) is 16.3. The summed E-state index contributed by atoms with van der Waals surface area (Å²) < 4.78 is 0. The molecule has 0 aromatic rings. The maximum absolute atomic E-state index is 8.86. The molecule has 35 heavy (non-hydrogen) atoms. The minimum atomic E-state index is 0.363. The fourth-order valence-electron chi connectivity index (χ4n) is 5.17. The third-order valence-corrected chi connectivity index (χ3v) is 7.59. The van der Waals surface area contributed by atoms with E-state index in [1.165, 1.54) is 174 Å². The number of aliphatic hydroxyl groups is 2. The van der Waals surface area contributed by atoms with Gasteiger partial charge in [0, 0.05) is 13.2 Å². The summed E-state index contributed by atoms with van der Waals surface area (Å²) in [5.41, 5.74) is 0. The Balaban J connectivity index is 3.84. The lowest BCUT2D eigenvalue weighted by Crippen LogP contribution is -2.27. The van der Waals surface area contributed by atoms with E-state index in [9.17, 15) is 0 Å². The normalized spacial score (nSPS) is 11.7. The van der Waals surface area contributed by atoms with Gasteiger partial charge < -0.3 is 15.1 Å². The molecule has 0 bridgehead atoms. The van der Waals surface area contributed by atoms with E-state index in [1.807, 2.05) is 0 Å². The zero-order chi connectivity index (χ0) is 25.5. The molecule has 0 aromatic heterocycles. The van der Waals surface area contributed by atoms with Crippen LogP contribution in [0.5, 0.6) is 0 Å². The first kappa shape index (κ1) is 34.9. The maximum Gasteiger partial charge on any atom is 0.0431 e. The van der Waals surface area contributed by atoms with Crippen molar-refractivity contribution in [1.82, 2.24) is 4.90 Å². The average Bonchev–Trinajstić information content (AvgIpc) is 2.87. The van der Waals surface area contributed by atoms with E-state index in [0.717, 1.165) is 12.8 Å². The molecule has 0 unspecified atom stereocenters. The number of aliphatic hydroxyl groups excluding tert-OH is 2. The lowest BCUT2D eigenvalue weighted by Gasteiger charge is -2.22. The molecule has 0 aliphatic rings. The predicted octanol–water partition coefficient (Wildman–Crippen LogP) is 9.44. The van der Waals surface area contributed by atoms with Gasteiger partial charge >= 0.3 is 0 Å². The Labute approximate surface area is 221 Å². The molecule has 0 atom stereocenters. The molecule has 0 spiro atoms. The van der Waals surface area contributed by atoms with Gasteiger partial charge in [0.15, 0.2) is 0 Å². The summed E-state index contributed by atoms with van der Waals surface area (Å²) >= 11 is 0. The largest absolute Gasteiger partial charge is 0.396 e. The Morgan fingerprint density at radius 2 is 0.543 bits per heavy atom. The van der Waals surface area contributed by atoms with Crippen LogP contribution in [0, 0.1) is 0 Å². The topological polar surface area (TPSA) is 43.7 Å². The summed E-state index contributed by atoms with van der Waals surface area (Å²) in [6, 6.07) is 0. The fourth-order valence-corrected chi connectivity index (χ4v) is 5.17. The van der Waals surface area contributed by atoms with Gasteiger partial charge in [-0.3, -0.25) is 0 Å². The summed E-state index contributed by atoms with van der Waals surface area (Å²) in [7, 11) is 0. The van der Waals surface area contributed by atoms with Crippen molar-refractivity contribution in [3.05, 3.63) is 0 Å². The van der Waals surface area contributed by atoms with Gasteiger partial charge in [-0.05, 0) is 51.7 Å². The third kappa shape index (κ3) is 30.0. The molecule has 2 N–H and O–H groups in total. The van der Waals surface area contributed by atoms with E-state index in [2.05, 4.69) is 11.8 Å². The van der Waals surface area contributed by atoms with Crippen LogP contribution in [-0.2, 0) is 0 Å². The van der Waals surface area contributed by atoms with Crippen molar-refractivity contribution < 1.29 is 10.2 Å². The Kier molecular flexibility index (Phi) is 31.8. The van der Waals surface area contributed by atoms with Crippen molar-refractivity contribution in [2.45, 2.75) is 174 Å². The fraction of sp³-hybridized carbons (Fsp3) is 1.00. The highest BCUT2D eigenvalue weighted by Crippen LogP contribution is 2.14. The predicted molar refractivity (Wildman–Crippen MR) is 156 cm³/mol. The van der Waals surface area contributed by atoms with Gasteiger partial charge in [-0.25, -0.2) is 0 Å². The number of rotatable bonds is 31. The molecule has 0 radical (unpaired) electrons. The van der Waals surface area contributed by atoms with E-state index >= 15 is 0 Å². The molecule has 0 aliphatic heterocycles. The number of nitrogens with zero attached hydrogens (tertiary/aromatic N) is 1. The summed E-state index contributed by atoms with van der Waals surface area (Å²) in [6.07, 6.45) is 35.0. The molecule has 0 aliphatic carbocycles. The monoisotopic (exact) mass is 498 g/mol. The Bertz CT molecular complexity index is 339. The van der Waals surface area contributed by atoms with Gasteiger partial charge in [0.05, 0.1) is 0 Å². The van der Waals surface area contributed by atoms with Crippen LogP contribution in [0.2, 0.25) is 0 Å². The van der Waals surface area contributed by atoms with Crippen LogP contribution in [0.15, 0.2) is 0 Å². The lowest BCUT2D eigenvalue weighted by molar-refractivity contribution is 0.254.